The summed E-state index contributed by atoms with van der Waals surface area (Å²) in [5.74, 6) is 0.378. The first kappa shape index (κ1) is 24.3. The van der Waals surface area contributed by atoms with Gasteiger partial charge < -0.3 is 18.9 Å². The van der Waals surface area contributed by atoms with E-state index in [-0.39, 0.29) is 42.5 Å². The molecule has 2 aromatic rings. The summed E-state index contributed by atoms with van der Waals surface area (Å²) in [6, 6.07) is 5.74. The number of methoxy groups -OCH3 is 1. The number of rotatable bonds is 8. The normalized spacial score (nSPS) is 16.9. The highest BCUT2D eigenvalue weighted by molar-refractivity contribution is 8.00. The Morgan fingerprint density at radius 2 is 2.06 bits per heavy atom. The molecule has 0 saturated carbocycles. The molecule has 1 unspecified atom stereocenters. The summed E-state index contributed by atoms with van der Waals surface area (Å²) in [5, 5.41) is 0. The van der Waals surface area contributed by atoms with Crippen molar-refractivity contribution in [3.63, 3.8) is 0 Å². The summed E-state index contributed by atoms with van der Waals surface area (Å²) in [7, 11) is 1.58. The summed E-state index contributed by atoms with van der Waals surface area (Å²) in [6.07, 6.45) is 3.22. The molecule has 32 heavy (non-hydrogen) atoms. The fourth-order valence-corrected chi connectivity index (χ4v) is 5.43. The van der Waals surface area contributed by atoms with E-state index in [9.17, 15) is 14.4 Å². The summed E-state index contributed by atoms with van der Waals surface area (Å²) in [5.41, 5.74) is 0.775. The number of benzene rings is 1. The molecule has 1 aliphatic heterocycles. The molecule has 0 aliphatic carbocycles. The molecule has 174 valence electrons. The van der Waals surface area contributed by atoms with Crippen LogP contribution < -0.4 is 9.54 Å². The second kappa shape index (κ2) is 11.5. The van der Waals surface area contributed by atoms with Crippen molar-refractivity contribution in [2.24, 2.45) is 4.99 Å². The third kappa shape index (κ3) is 6.13. The minimum Gasteiger partial charge on any atom is -0.497 e. The quantitative estimate of drug-likeness (QED) is 0.541. The van der Waals surface area contributed by atoms with Crippen molar-refractivity contribution in [2.45, 2.75) is 45.7 Å². The third-order valence-corrected chi connectivity index (χ3v) is 7.22. The maximum absolute atomic E-state index is 12.5. The van der Waals surface area contributed by atoms with Crippen molar-refractivity contribution in [3.05, 3.63) is 23.0 Å². The molecule has 1 saturated heterocycles. The van der Waals surface area contributed by atoms with Crippen molar-refractivity contribution in [1.82, 2.24) is 9.47 Å². The SMILES string of the molecule is CCOC(=O)Cn1c(=NC(=O)CSCC(=O)N2CCCCC2C)sc2cc(OC)ccc21. The highest BCUT2D eigenvalue weighted by atomic mass is 32.2. The van der Waals surface area contributed by atoms with Crippen LogP contribution in [0, 0.1) is 0 Å². The molecule has 1 aromatic carbocycles. The lowest BCUT2D eigenvalue weighted by molar-refractivity contribution is -0.143. The summed E-state index contributed by atoms with van der Waals surface area (Å²) >= 11 is 2.58. The number of carbonyl (C=O) groups excluding carboxylic acids is 3. The van der Waals surface area contributed by atoms with Crippen molar-refractivity contribution in [1.29, 1.82) is 0 Å². The molecule has 0 spiro atoms. The zero-order chi connectivity index (χ0) is 23.1. The van der Waals surface area contributed by atoms with Gasteiger partial charge in [-0.05, 0) is 51.3 Å². The van der Waals surface area contributed by atoms with E-state index < -0.39 is 5.97 Å². The van der Waals surface area contributed by atoms with Gasteiger partial charge in [-0.25, -0.2) is 0 Å². The first-order valence-electron chi connectivity index (χ1n) is 10.7. The van der Waals surface area contributed by atoms with E-state index in [0.717, 1.165) is 36.0 Å². The van der Waals surface area contributed by atoms with Gasteiger partial charge in [0, 0.05) is 12.6 Å². The molecule has 0 bridgehead atoms. The second-order valence-corrected chi connectivity index (χ2v) is 9.53. The number of carbonyl (C=O) groups is 3. The van der Waals surface area contributed by atoms with Gasteiger partial charge in [-0.1, -0.05) is 11.3 Å². The number of likely N-dealkylation sites (tertiary alicyclic amines) is 1. The number of ether oxygens (including phenoxy) is 2. The molecule has 1 fully saturated rings. The first-order valence-corrected chi connectivity index (χ1v) is 12.7. The molecule has 1 aliphatic rings. The molecule has 0 N–H and O–H groups in total. The van der Waals surface area contributed by atoms with E-state index in [1.54, 1.807) is 24.7 Å². The number of hydrogen-bond acceptors (Lipinski definition) is 7. The molecule has 10 heteroatoms. The Morgan fingerprint density at radius 1 is 1.25 bits per heavy atom. The van der Waals surface area contributed by atoms with Crippen LogP contribution >= 0.6 is 23.1 Å². The lowest BCUT2D eigenvalue weighted by atomic mass is 10.0. The number of aromatic nitrogens is 1. The lowest BCUT2D eigenvalue weighted by Gasteiger charge is -2.33. The van der Waals surface area contributed by atoms with Crippen molar-refractivity contribution in [3.8, 4) is 5.75 Å². The molecular weight excluding hydrogens is 450 g/mol. The Bertz CT molecular complexity index is 1050. The van der Waals surface area contributed by atoms with Crippen molar-refractivity contribution < 1.29 is 23.9 Å². The zero-order valence-electron chi connectivity index (χ0n) is 18.7. The van der Waals surface area contributed by atoms with Crippen LogP contribution in [-0.2, 0) is 25.7 Å². The minimum atomic E-state index is -0.396. The van der Waals surface area contributed by atoms with Crippen LogP contribution in [0.4, 0.5) is 0 Å². The van der Waals surface area contributed by atoms with Crippen molar-refractivity contribution >= 4 is 51.1 Å². The van der Waals surface area contributed by atoms with Gasteiger partial charge in [-0.15, -0.1) is 11.8 Å². The van der Waals surface area contributed by atoms with E-state index in [2.05, 4.69) is 11.9 Å². The average molecular weight is 480 g/mol. The van der Waals surface area contributed by atoms with E-state index in [1.165, 1.54) is 23.1 Å². The van der Waals surface area contributed by atoms with Crippen LogP contribution in [0.5, 0.6) is 5.75 Å². The minimum absolute atomic E-state index is 0.0369. The molecular formula is C22H29N3O5S2. The predicted octanol–water partition coefficient (Wildman–Crippen LogP) is 2.84. The standard InChI is InChI=1S/C22H29N3O5S2/c1-4-30-21(28)12-25-17-9-8-16(29-3)11-18(17)32-22(25)23-19(26)13-31-14-20(27)24-10-6-5-7-15(24)2/h8-9,11,15H,4-7,10,12-14H2,1-3H3. The highest BCUT2D eigenvalue weighted by Crippen LogP contribution is 2.23. The number of hydrogen-bond donors (Lipinski definition) is 0. The van der Waals surface area contributed by atoms with Crippen LogP contribution in [0.25, 0.3) is 10.2 Å². The largest absolute Gasteiger partial charge is 0.497 e. The van der Waals surface area contributed by atoms with Crippen LogP contribution in [0.2, 0.25) is 0 Å². The molecule has 0 radical (unpaired) electrons. The number of amides is 2. The smallest absolute Gasteiger partial charge is 0.326 e. The van der Waals surface area contributed by atoms with Gasteiger partial charge in [0.2, 0.25) is 5.91 Å². The fraction of sp³-hybridized carbons (Fsp3) is 0.545. The number of thiazole rings is 1. The van der Waals surface area contributed by atoms with Gasteiger partial charge in [-0.2, -0.15) is 4.99 Å². The Labute approximate surface area is 195 Å². The van der Waals surface area contributed by atoms with Gasteiger partial charge >= 0.3 is 5.97 Å². The Morgan fingerprint density at radius 3 is 2.78 bits per heavy atom. The molecule has 8 nitrogen and oxygen atoms in total. The maximum Gasteiger partial charge on any atom is 0.326 e. The summed E-state index contributed by atoms with van der Waals surface area (Å²) in [6.45, 7) is 4.85. The molecule has 2 amide bonds. The lowest BCUT2D eigenvalue weighted by Crippen LogP contribution is -2.43. The van der Waals surface area contributed by atoms with Gasteiger partial charge in [0.1, 0.15) is 12.3 Å². The van der Waals surface area contributed by atoms with E-state index >= 15 is 0 Å². The van der Waals surface area contributed by atoms with Crippen LogP contribution in [0.3, 0.4) is 0 Å². The van der Waals surface area contributed by atoms with Crippen LogP contribution in [-0.4, -0.2) is 65.1 Å². The summed E-state index contributed by atoms with van der Waals surface area (Å²) < 4.78 is 12.9. The molecule has 3 rings (SSSR count). The predicted molar refractivity (Wildman–Crippen MR) is 126 cm³/mol. The molecule has 1 atom stereocenters. The van der Waals surface area contributed by atoms with E-state index in [0.29, 0.717) is 10.6 Å². The average Bonchev–Trinajstić information content (AvgIpc) is 3.09. The number of nitrogens with zero attached hydrogens (tertiary/aromatic N) is 3. The Hall–Kier alpha value is -2.33. The van der Waals surface area contributed by atoms with Crippen LogP contribution in [0.15, 0.2) is 23.2 Å². The highest BCUT2D eigenvalue weighted by Gasteiger charge is 2.23. The summed E-state index contributed by atoms with van der Waals surface area (Å²) in [4.78, 5) is 43.7. The van der Waals surface area contributed by atoms with Gasteiger partial charge in [0.15, 0.2) is 4.80 Å². The number of fused-ring (bicyclic) bond motifs is 1. The van der Waals surface area contributed by atoms with Gasteiger partial charge in [0.25, 0.3) is 5.91 Å². The van der Waals surface area contributed by atoms with Gasteiger partial charge in [-0.3, -0.25) is 14.4 Å². The molecule has 2 heterocycles. The molecule has 1 aromatic heterocycles. The topological polar surface area (TPSA) is 90.2 Å². The Kier molecular flexibility index (Phi) is 8.75. The van der Waals surface area contributed by atoms with Gasteiger partial charge in [0.05, 0.1) is 35.4 Å². The zero-order valence-corrected chi connectivity index (χ0v) is 20.3. The van der Waals surface area contributed by atoms with E-state index in [4.69, 9.17) is 9.47 Å². The van der Waals surface area contributed by atoms with Crippen LogP contribution in [0.1, 0.15) is 33.1 Å². The number of esters is 1. The fourth-order valence-electron chi connectivity index (χ4n) is 3.67. The third-order valence-electron chi connectivity index (χ3n) is 5.28. The van der Waals surface area contributed by atoms with E-state index in [1.807, 2.05) is 17.0 Å². The number of piperidine rings is 1. The first-order chi connectivity index (χ1) is 15.4. The van der Waals surface area contributed by atoms with Crippen molar-refractivity contribution in [2.75, 3.05) is 31.8 Å². The maximum atomic E-state index is 12.5. The monoisotopic (exact) mass is 479 g/mol. The second-order valence-electron chi connectivity index (χ2n) is 7.54. The Balaban J connectivity index is 1.73. The number of thioether (sulfide) groups is 1.